The van der Waals surface area contributed by atoms with E-state index in [4.69, 9.17) is 9.15 Å². The van der Waals surface area contributed by atoms with Gasteiger partial charge >= 0.3 is 0 Å². The molecule has 0 aliphatic heterocycles. The Kier molecular flexibility index (Phi) is 3.73. The van der Waals surface area contributed by atoms with Crippen molar-refractivity contribution < 1.29 is 13.9 Å². The zero-order valence-corrected chi connectivity index (χ0v) is 9.63. The van der Waals surface area contributed by atoms with Crippen LogP contribution >= 0.6 is 0 Å². The third-order valence-electron chi connectivity index (χ3n) is 2.62. The molecule has 0 radical (unpaired) electrons. The van der Waals surface area contributed by atoms with E-state index in [1.54, 1.807) is 19.2 Å². The molecule has 0 spiro atoms. The first-order chi connectivity index (χ1) is 8.31. The van der Waals surface area contributed by atoms with Crippen LogP contribution in [0.5, 0.6) is 0 Å². The molecule has 2 aromatic rings. The van der Waals surface area contributed by atoms with Crippen molar-refractivity contribution in [3.63, 3.8) is 0 Å². The van der Waals surface area contributed by atoms with E-state index in [9.17, 15) is 4.79 Å². The molecule has 0 saturated carbocycles. The average Bonchev–Trinajstić information content (AvgIpc) is 2.90. The third kappa shape index (κ3) is 2.82. The lowest BCUT2D eigenvalue weighted by Gasteiger charge is -2.14. The van der Waals surface area contributed by atoms with Gasteiger partial charge in [0, 0.05) is 13.5 Å². The van der Waals surface area contributed by atoms with Gasteiger partial charge in [-0.3, -0.25) is 4.79 Å². The summed E-state index contributed by atoms with van der Waals surface area (Å²) in [5.41, 5.74) is 0.995. The standard InChI is InChI=1S/C14H14O3/c1-16-14(11-6-3-2-4-7-11)10-12(15)13-8-5-9-17-13/h2-9,14H,10H2,1H3. The molecule has 0 fully saturated rings. The Morgan fingerprint density at radius 1 is 1.24 bits per heavy atom. The fraction of sp³-hybridized carbons (Fsp3) is 0.214. The van der Waals surface area contributed by atoms with Gasteiger partial charge in [0.1, 0.15) is 0 Å². The van der Waals surface area contributed by atoms with E-state index in [0.717, 1.165) is 5.56 Å². The summed E-state index contributed by atoms with van der Waals surface area (Å²) in [7, 11) is 1.60. The predicted octanol–water partition coefficient (Wildman–Crippen LogP) is 3.24. The number of hydrogen-bond donors (Lipinski definition) is 0. The second kappa shape index (κ2) is 5.46. The molecule has 1 aromatic heterocycles. The second-order valence-electron chi connectivity index (χ2n) is 3.74. The van der Waals surface area contributed by atoms with Crippen molar-refractivity contribution >= 4 is 5.78 Å². The molecular formula is C14H14O3. The third-order valence-corrected chi connectivity index (χ3v) is 2.62. The van der Waals surface area contributed by atoms with Crippen molar-refractivity contribution in [1.29, 1.82) is 0 Å². The minimum Gasteiger partial charge on any atom is -0.461 e. The van der Waals surface area contributed by atoms with Gasteiger partial charge in [-0.15, -0.1) is 0 Å². The summed E-state index contributed by atoms with van der Waals surface area (Å²) < 4.78 is 10.4. The minimum atomic E-state index is -0.228. The number of furan rings is 1. The number of rotatable bonds is 5. The highest BCUT2D eigenvalue weighted by Crippen LogP contribution is 2.22. The predicted molar refractivity (Wildman–Crippen MR) is 63.8 cm³/mol. The highest BCUT2D eigenvalue weighted by Gasteiger charge is 2.17. The van der Waals surface area contributed by atoms with Crippen LogP contribution in [0.1, 0.15) is 28.6 Å². The van der Waals surface area contributed by atoms with Gasteiger partial charge in [-0.05, 0) is 17.7 Å². The summed E-state index contributed by atoms with van der Waals surface area (Å²) in [6.45, 7) is 0. The topological polar surface area (TPSA) is 39.4 Å². The summed E-state index contributed by atoms with van der Waals surface area (Å²) in [5.74, 6) is 0.327. The maximum absolute atomic E-state index is 11.9. The van der Waals surface area contributed by atoms with Crippen LogP contribution in [0.15, 0.2) is 53.1 Å². The van der Waals surface area contributed by atoms with Crippen molar-refractivity contribution in [1.82, 2.24) is 0 Å². The molecule has 1 unspecified atom stereocenters. The SMILES string of the molecule is COC(CC(=O)c1ccco1)c1ccccc1. The van der Waals surface area contributed by atoms with Gasteiger partial charge in [-0.25, -0.2) is 0 Å². The van der Waals surface area contributed by atoms with E-state index in [0.29, 0.717) is 5.76 Å². The van der Waals surface area contributed by atoms with Crippen LogP contribution in [0, 0.1) is 0 Å². The maximum Gasteiger partial charge on any atom is 0.200 e. The van der Waals surface area contributed by atoms with Gasteiger partial charge in [0.2, 0.25) is 5.78 Å². The number of hydrogen-bond acceptors (Lipinski definition) is 3. The maximum atomic E-state index is 11.9. The summed E-state index contributed by atoms with van der Waals surface area (Å²) in [4.78, 5) is 11.9. The molecule has 0 amide bonds. The molecule has 1 atom stereocenters. The van der Waals surface area contributed by atoms with Gasteiger partial charge in [0.25, 0.3) is 0 Å². The van der Waals surface area contributed by atoms with E-state index < -0.39 is 0 Å². The Labute approximate surface area is 100 Å². The molecule has 0 N–H and O–H groups in total. The Balaban J connectivity index is 2.09. The Bertz CT molecular complexity index is 459. The Hall–Kier alpha value is -1.87. The van der Waals surface area contributed by atoms with Crippen LogP contribution in [0.25, 0.3) is 0 Å². The average molecular weight is 230 g/mol. The fourth-order valence-electron chi connectivity index (χ4n) is 1.71. The van der Waals surface area contributed by atoms with E-state index in [-0.39, 0.29) is 18.3 Å². The number of ketones is 1. The van der Waals surface area contributed by atoms with Crippen molar-refractivity contribution in [2.24, 2.45) is 0 Å². The fourth-order valence-corrected chi connectivity index (χ4v) is 1.71. The van der Waals surface area contributed by atoms with Crippen LogP contribution in [-0.2, 0) is 4.74 Å². The molecule has 88 valence electrons. The normalized spacial score (nSPS) is 12.3. The smallest absolute Gasteiger partial charge is 0.200 e. The molecule has 1 heterocycles. The molecule has 17 heavy (non-hydrogen) atoms. The highest BCUT2D eigenvalue weighted by atomic mass is 16.5. The van der Waals surface area contributed by atoms with Gasteiger partial charge in [-0.1, -0.05) is 30.3 Å². The summed E-state index contributed by atoms with van der Waals surface area (Å²) in [5, 5.41) is 0. The minimum absolute atomic E-state index is 0.0503. The largest absolute Gasteiger partial charge is 0.461 e. The van der Waals surface area contributed by atoms with E-state index in [1.807, 2.05) is 30.3 Å². The lowest BCUT2D eigenvalue weighted by Crippen LogP contribution is -2.08. The first-order valence-corrected chi connectivity index (χ1v) is 5.45. The van der Waals surface area contributed by atoms with Gasteiger partial charge in [-0.2, -0.15) is 0 Å². The highest BCUT2D eigenvalue weighted by molar-refractivity contribution is 5.93. The van der Waals surface area contributed by atoms with Crippen LogP contribution in [0.2, 0.25) is 0 Å². The zero-order valence-electron chi connectivity index (χ0n) is 9.63. The molecule has 3 nitrogen and oxygen atoms in total. The quantitative estimate of drug-likeness (QED) is 0.740. The number of ether oxygens (including phenoxy) is 1. The molecule has 1 aromatic carbocycles. The monoisotopic (exact) mass is 230 g/mol. The lowest BCUT2D eigenvalue weighted by molar-refractivity contribution is 0.0709. The van der Waals surface area contributed by atoms with E-state index in [2.05, 4.69) is 0 Å². The molecule has 3 heteroatoms. The van der Waals surface area contributed by atoms with Crippen molar-refractivity contribution in [3.05, 3.63) is 60.1 Å². The number of benzene rings is 1. The van der Waals surface area contributed by atoms with Gasteiger partial charge in [0.05, 0.1) is 12.4 Å². The molecule has 0 bridgehead atoms. The van der Waals surface area contributed by atoms with Crippen LogP contribution in [0.4, 0.5) is 0 Å². The Morgan fingerprint density at radius 2 is 2.00 bits per heavy atom. The van der Waals surface area contributed by atoms with Crippen molar-refractivity contribution in [2.45, 2.75) is 12.5 Å². The molecule has 0 aliphatic rings. The number of Topliss-reactive ketones (excluding diaryl/α,β-unsaturated/α-hetero) is 1. The first-order valence-electron chi connectivity index (χ1n) is 5.45. The van der Waals surface area contributed by atoms with E-state index >= 15 is 0 Å². The lowest BCUT2D eigenvalue weighted by atomic mass is 10.0. The molecular weight excluding hydrogens is 216 g/mol. The summed E-state index contributed by atoms with van der Waals surface area (Å²) >= 11 is 0. The van der Waals surface area contributed by atoms with Gasteiger partial charge in [0.15, 0.2) is 5.76 Å². The number of carbonyl (C=O) groups is 1. The molecule has 0 aliphatic carbocycles. The zero-order chi connectivity index (χ0) is 12.1. The Morgan fingerprint density at radius 3 is 2.59 bits per heavy atom. The van der Waals surface area contributed by atoms with E-state index in [1.165, 1.54) is 6.26 Å². The van der Waals surface area contributed by atoms with Crippen molar-refractivity contribution in [2.75, 3.05) is 7.11 Å². The summed E-state index contributed by atoms with van der Waals surface area (Å²) in [6, 6.07) is 13.1. The van der Waals surface area contributed by atoms with Crippen molar-refractivity contribution in [3.8, 4) is 0 Å². The van der Waals surface area contributed by atoms with Crippen LogP contribution in [-0.4, -0.2) is 12.9 Å². The van der Waals surface area contributed by atoms with Crippen LogP contribution in [0.3, 0.4) is 0 Å². The number of methoxy groups -OCH3 is 1. The molecule has 0 saturated heterocycles. The summed E-state index contributed by atoms with van der Waals surface area (Å²) in [6.07, 6.45) is 1.56. The van der Waals surface area contributed by atoms with Gasteiger partial charge < -0.3 is 9.15 Å². The molecule has 2 rings (SSSR count). The first kappa shape index (κ1) is 11.6. The van der Waals surface area contributed by atoms with Crippen LogP contribution < -0.4 is 0 Å². The number of carbonyl (C=O) groups excluding carboxylic acids is 1. The second-order valence-corrected chi connectivity index (χ2v) is 3.74.